The number of amides is 1. The third-order valence-corrected chi connectivity index (χ3v) is 3.23. The number of nitro benzene ring substituents is 1. The van der Waals surface area contributed by atoms with Crippen molar-refractivity contribution in [1.82, 2.24) is 5.32 Å². The second kappa shape index (κ2) is 7.93. The molecule has 0 saturated heterocycles. The van der Waals surface area contributed by atoms with Crippen molar-refractivity contribution >= 4 is 11.6 Å². The van der Waals surface area contributed by atoms with E-state index in [9.17, 15) is 14.9 Å². The molecule has 23 heavy (non-hydrogen) atoms. The van der Waals surface area contributed by atoms with Gasteiger partial charge in [0.1, 0.15) is 5.75 Å². The lowest BCUT2D eigenvalue weighted by molar-refractivity contribution is -0.384. The van der Waals surface area contributed by atoms with Crippen LogP contribution < -0.4 is 10.1 Å². The maximum atomic E-state index is 11.5. The maximum Gasteiger partial charge on any atom is 0.269 e. The molecule has 0 atom stereocenters. The zero-order valence-electron chi connectivity index (χ0n) is 12.8. The fourth-order valence-electron chi connectivity index (χ4n) is 2.17. The normalized spacial score (nSPS) is 10.1. The summed E-state index contributed by atoms with van der Waals surface area (Å²) >= 11 is 0. The van der Waals surface area contributed by atoms with Crippen LogP contribution in [0.15, 0.2) is 48.5 Å². The molecule has 1 amide bonds. The largest absolute Gasteiger partial charge is 0.483 e. The van der Waals surface area contributed by atoms with Crippen molar-refractivity contribution in [3.05, 3.63) is 69.8 Å². The molecular weight excluding hydrogens is 296 g/mol. The van der Waals surface area contributed by atoms with Crippen molar-refractivity contribution < 1.29 is 14.5 Å². The van der Waals surface area contributed by atoms with E-state index in [2.05, 4.69) is 5.32 Å². The summed E-state index contributed by atoms with van der Waals surface area (Å²) in [5, 5.41) is 13.6. The van der Waals surface area contributed by atoms with Gasteiger partial charge in [-0.3, -0.25) is 14.9 Å². The minimum Gasteiger partial charge on any atom is -0.483 e. The van der Waals surface area contributed by atoms with Crippen LogP contribution in [0, 0.1) is 10.1 Å². The summed E-state index contributed by atoms with van der Waals surface area (Å²) in [6.07, 6.45) is 0.493. The Kier molecular flexibility index (Phi) is 5.68. The quantitative estimate of drug-likeness (QED) is 0.629. The first-order chi connectivity index (χ1) is 11.1. The molecule has 0 unspecified atom stereocenters. The Morgan fingerprint density at radius 2 is 1.96 bits per heavy atom. The average molecular weight is 314 g/mol. The summed E-state index contributed by atoms with van der Waals surface area (Å²) in [7, 11) is 0. The zero-order valence-corrected chi connectivity index (χ0v) is 12.8. The number of benzene rings is 2. The van der Waals surface area contributed by atoms with E-state index in [0.29, 0.717) is 24.3 Å². The summed E-state index contributed by atoms with van der Waals surface area (Å²) in [5.74, 6) is 0.252. The van der Waals surface area contributed by atoms with Gasteiger partial charge in [0.15, 0.2) is 6.61 Å². The van der Waals surface area contributed by atoms with Crippen molar-refractivity contribution in [2.45, 2.75) is 13.3 Å². The van der Waals surface area contributed by atoms with E-state index in [1.807, 2.05) is 37.3 Å². The molecule has 0 fully saturated rings. The molecule has 0 aliphatic heterocycles. The van der Waals surface area contributed by atoms with Crippen molar-refractivity contribution in [2.24, 2.45) is 0 Å². The number of hydrogen-bond donors (Lipinski definition) is 1. The number of non-ortho nitro benzene ring substituents is 1. The van der Waals surface area contributed by atoms with Crippen molar-refractivity contribution in [1.29, 1.82) is 0 Å². The van der Waals surface area contributed by atoms with Gasteiger partial charge in [0.2, 0.25) is 0 Å². The molecule has 0 aliphatic carbocycles. The van der Waals surface area contributed by atoms with E-state index in [1.54, 1.807) is 0 Å². The van der Waals surface area contributed by atoms with Gasteiger partial charge in [-0.25, -0.2) is 0 Å². The molecule has 2 rings (SSSR count). The lowest BCUT2D eigenvalue weighted by Gasteiger charge is -2.11. The summed E-state index contributed by atoms with van der Waals surface area (Å²) < 4.78 is 5.52. The van der Waals surface area contributed by atoms with Gasteiger partial charge in [0.25, 0.3) is 11.6 Å². The van der Waals surface area contributed by atoms with Gasteiger partial charge in [0, 0.05) is 30.7 Å². The molecular formula is C17H18N2O4. The lowest BCUT2D eigenvalue weighted by Crippen LogP contribution is -2.28. The van der Waals surface area contributed by atoms with Gasteiger partial charge < -0.3 is 10.1 Å². The molecule has 0 aromatic heterocycles. The number of nitrogens with one attached hydrogen (secondary N) is 1. The molecule has 0 heterocycles. The molecule has 0 radical (unpaired) electrons. The fraction of sp³-hybridized carbons (Fsp3) is 0.235. The molecule has 0 bridgehead atoms. The van der Waals surface area contributed by atoms with Gasteiger partial charge in [-0.05, 0) is 18.6 Å². The van der Waals surface area contributed by atoms with Crippen LogP contribution in [0.5, 0.6) is 5.75 Å². The summed E-state index contributed by atoms with van der Waals surface area (Å²) in [5.41, 5.74) is 1.69. The van der Waals surface area contributed by atoms with Crippen molar-refractivity contribution in [3.63, 3.8) is 0 Å². The van der Waals surface area contributed by atoms with Crippen LogP contribution in [0.25, 0.3) is 0 Å². The summed E-state index contributed by atoms with van der Waals surface area (Å²) in [6, 6.07) is 14.0. The van der Waals surface area contributed by atoms with E-state index in [4.69, 9.17) is 4.74 Å². The van der Waals surface area contributed by atoms with Crippen LogP contribution in [-0.4, -0.2) is 24.0 Å². The fourth-order valence-corrected chi connectivity index (χ4v) is 2.17. The molecule has 0 spiro atoms. The second-order valence-electron chi connectivity index (χ2n) is 4.95. The number of carbonyl (C=O) groups excluding carboxylic acids is 1. The standard InChI is InChI=1S/C17H18N2O4/c1-2-18-17(20)12-23-16-9-8-15(19(21)22)11-14(16)10-13-6-4-3-5-7-13/h3-9,11H,2,10,12H2,1H3,(H,18,20). The number of rotatable bonds is 7. The lowest BCUT2D eigenvalue weighted by atomic mass is 10.0. The average Bonchev–Trinajstić information content (AvgIpc) is 2.54. The molecule has 2 aromatic carbocycles. The second-order valence-corrected chi connectivity index (χ2v) is 4.95. The van der Waals surface area contributed by atoms with Gasteiger partial charge in [0.05, 0.1) is 4.92 Å². The summed E-state index contributed by atoms with van der Waals surface area (Å²) in [4.78, 5) is 22.0. The van der Waals surface area contributed by atoms with Gasteiger partial charge in [-0.2, -0.15) is 0 Å². The Bertz CT molecular complexity index is 686. The zero-order chi connectivity index (χ0) is 16.7. The van der Waals surface area contributed by atoms with E-state index >= 15 is 0 Å². The molecule has 2 aromatic rings. The highest BCUT2D eigenvalue weighted by Crippen LogP contribution is 2.26. The minimum atomic E-state index is -0.442. The first-order valence-electron chi connectivity index (χ1n) is 7.31. The molecule has 1 N–H and O–H groups in total. The maximum absolute atomic E-state index is 11.5. The minimum absolute atomic E-state index is 0.00120. The van der Waals surface area contributed by atoms with Crippen LogP contribution in [0.1, 0.15) is 18.1 Å². The number of nitro groups is 1. The highest BCUT2D eigenvalue weighted by Gasteiger charge is 2.13. The third kappa shape index (κ3) is 4.81. The van der Waals surface area contributed by atoms with Gasteiger partial charge in [-0.15, -0.1) is 0 Å². The highest BCUT2D eigenvalue weighted by molar-refractivity contribution is 5.77. The third-order valence-electron chi connectivity index (χ3n) is 3.23. The molecule has 0 aliphatic rings. The van der Waals surface area contributed by atoms with E-state index in [-0.39, 0.29) is 18.2 Å². The van der Waals surface area contributed by atoms with Gasteiger partial charge >= 0.3 is 0 Å². The Hall–Kier alpha value is -2.89. The number of hydrogen-bond acceptors (Lipinski definition) is 4. The Labute approximate surface area is 134 Å². The van der Waals surface area contributed by atoms with Crippen molar-refractivity contribution in [2.75, 3.05) is 13.2 Å². The van der Waals surface area contributed by atoms with E-state index in [1.165, 1.54) is 18.2 Å². The predicted octanol–water partition coefficient (Wildman–Crippen LogP) is 2.70. The Morgan fingerprint density at radius 1 is 1.22 bits per heavy atom. The van der Waals surface area contributed by atoms with Crippen LogP contribution in [0.2, 0.25) is 0 Å². The summed E-state index contributed by atoms with van der Waals surface area (Å²) in [6.45, 7) is 2.23. The van der Waals surface area contributed by atoms with Crippen LogP contribution in [-0.2, 0) is 11.2 Å². The first-order valence-corrected chi connectivity index (χ1v) is 7.31. The number of carbonyl (C=O) groups is 1. The highest BCUT2D eigenvalue weighted by atomic mass is 16.6. The first kappa shape index (κ1) is 16.5. The topological polar surface area (TPSA) is 81.5 Å². The van der Waals surface area contributed by atoms with Crippen LogP contribution in [0.4, 0.5) is 5.69 Å². The van der Waals surface area contributed by atoms with E-state index < -0.39 is 4.92 Å². The predicted molar refractivity (Wildman–Crippen MR) is 86.5 cm³/mol. The smallest absolute Gasteiger partial charge is 0.269 e. The number of likely N-dealkylation sites (N-methyl/N-ethyl adjacent to an activating group) is 1. The molecule has 120 valence electrons. The Morgan fingerprint density at radius 3 is 2.61 bits per heavy atom. The molecule has 6 nitrogen and oxygen atoms in total. The van der Waals surface area contributed by atoms with Crippen LogP contribution >= 0.6 is 0 Å². The molecule has 0 saturated carbocycles. The SMILES string of the molecule is CCNC(=O)COc1ccc([N+](=O)[O-])cc1Cc1ccccc1. The Balaban J connectivity index is 2.22. The van der Waals surface area contributed by atoms with Crippen LogP contribution in [0.3, 0.4) is 0 Å². The van der Waals surface area contributed by atoms with Crippen molar-refractivity contribution in [3.8, 4) is 5.75 Å². The number of ether oxygens (including phenoxy) is 1. The van der Waals surface area contributed by atoms with Gasteiger partial charge in [-0.1, -0.05) is 30.3 Å². The molecule has 6 heteroatoms. The number of nitrogens with zero attached hydrogens (tertiary/aromatic N) is 1. The monoisotopic (exact) mass is 314 g/mol. The van der Waals surface area contributed by atoms with E-state index in [0.717, 1.165) is 5.56 Å².